The van der Waals surface area contributed by atoms with Crippen molar-refractivity contribution in [2.75, 3.05) is 13.6 Å². The maximum absolute atomic E-state index is 12.3. The summed E-state index contributed by atoms with van der Waals surface area (Å²) in [6, 6.07) is 2.61. The number of carbonyl (C=O) groups excluding carboxylic acids is 2. The van der Waals surface area contributed by atoms with Gasteiger partial charge in [-0.3, -0.25) is 14.4 Å². The molecule has 1 saturated heterocycles. The molecule has 0 saturated carbocycles. The van der Waals surface area contributed by atoms with Crippen LogP contribution in [0.25, 0.3) is 0 Å². The van der Waals surface area contributed by atoms with E-state index in [4.69, 9.17) is 0 Å². The van der Waals surface area contributed by atoms with Gasteiger partial charge in [0.05, 0.1) is 0 Å². The third kappa shape index (κ3) is 3.09. The number of rotatable bonds is 3. The van der Waals surface area contributed by atoms with Gasteiger partial charge in [0.1, 0.15) is 12.6 Å². The highest BCUT2D eigenvalue weighted by molar-refractivity contribution is 9.10. The van der Waals surface area contributed by atoms with Gasteiger partial charge in [-0.05, 0) is 34.8 Å². The molecule has 1 fully saturated rings. The molecule has 1 aliphatic heterocycles. The van der Waals surface area contributed by atoms with E-state index in [1.54, 1.807) is 24.2 Å². The molecule has 0 bridgehead atoms. The summed E-state index contributed by atoms with van der Waals surface area (Å²) in [5, 5.41) is 2.57. The number of nitrogens with zero attached hydrogens (tertiary/aromatic N) is 2. The summed E-state index contributed by atoms with van der Waals surface area (Å²) in [4.78, 5) is 37.2. The minimum Gasteiger partial charge on any atom is -0.357 e. The molecule has 2 rings (SSSR count). The van der Waals surface area contributed by atoms with Crippen LogP contribution >= 0.6 is 15.9 Å². The lowest BCUT2D eigenvalue weighted by Gasteiger charge is -2.23. The van der Waals surface area contributed by atoms with Gasteiger partial charge in [0.25, 0.3) is 5.56 Å². The van der Waals surface area contributed by atoms with Crippen LogP contribution in [0.4, 0.5) is 0 Å². The van der Waals surface area contributed by atoms with Crippen LogP contribution in [0.15, 0.2) is 27.6 Å². The first kappa shape index (κ1) is 14.8. The van der Waals surface area contributed by atoms with Crippen LogP contribution in [0, 0.1) is 0 Å². The molecule has 1 aliphatic rings. The minimum atomic E-state index is -0.421. The molecule has 20 heavy (non-hydrogen) atoms. The van der Waals surface area contributed by atoms with Crippen molar-refractivity contribution in [3.8, 4) is 0 Å². The zero-order valence-electron chi connectivity index (χ0n) is 11.1. The molecular formula is C13H16BrN3O3. The van der Waals surface area contributed by atoms with E-state index in [0.717, 1.165) is 10.9 Å². The summed E-state index contributed by atoms with van der Waals surface area (Å²) in [6.07, 6.45) is 3.04. The predicted octanol–water partition coefficient (Wildman–Crippen LogP) is 0.348. The normalized spacial score (nSPS) is 18.1. The lowest BCUT2D eigenvalue weighted by molar-refractivity contribution is -0.138. The minimum absolute atomic E-state index is 0.0498. The maximum atomic E-state index is 12.3. The van der Waals surface area contributed by atoms with Crippen molar-refractivity contribution in [3.05, 3.63) is 33.2 Å². The maximum Gasteiger partial charge on any atom is 0.251 e. The van der Waals surface area contributed by atoms with E-state index in [9.17, 15) is 14.4 Å². The van der Waals surface area contributed by atoms with E-state index < -0.39 is 6.04 Å². The quantitative estimate of drug-likeness (QED) is 0.862. The molecule has 6 nitrogen and oxygen atoms in total. The van der Waals surface area contributed by atoms with Gasteiger partial charge < -0.3 is 14.8 Å². The standard InChI is InChI=1S/C13H16BrN3O3/c1-15-13(20)10-3-2-6-17(10)12(19)8-16-7-9(14)4-5-11(16)18/h4-5,7,10H,2-3,6,8H2,1H3,(H,15,20). The molecule has 1 aromatic rings. The van der Waals surface area contributed by atoms with Gasteiger partial charge in [0.2, 0.25) is 11.8 Å². The van der Waals surface area contributed by atoms with Gasteiger partial charge >= 0.3 is 0 Å². The average Bonchev–Trinajstić information content (AvgIpc) is 2.91. The Bertz CT molecular complexity index is 584. The van der Waals surface area contributed by atoms with Crippen LogP contribution in [0.2, 0.25) is 0 Å². The van der Waals surface area contributed by atoms with Gasteiger partial charge in [0, 0.05) is 30.3 Å². The van der Waals surface area contributed by atoms with Crippen LogP contribution in [0.3, 0.4) is 0 Å². The van der Waals surface area contributed by atoms with Crippen molar-refractivity contribution < 1.29 is 9.59 Å². The molecule has 1 unspecified atom stereocenters. The number of likely N-dealkylation sites (N-methyl/N-ethyl adjacent to an activating group) is 1. The van der Waals surface area contributed by atoms with Crippen molar-refractivity contribution in [3.63, 3.8) is 0 Å². The Morgan fingerprint density at radius 2 is 2.20 bits per heavy atom. The fourth-order valence-electron chi connectivity index (χ4n) is 2.37. The second-order valence-corrected chi connectivity index (χ2v) is 5.59. The molecule has 0 spiro atoms. The van der Waals surface area contributed by atoms with Crippen molar-refractivity contribution in [1.82, 2.24) is 14.8 Å². The first-order chi connectivity index (χ1) is 9.52. The number of carbonyl (C=O) groups is 2. The molecule has 1 N–H and O–H groups in total. The summed E-state index contributed by atoms with van der Waals surface area (Å²) in [6.45, 7) is 0.505. The lowest BCUT2D eigenvalue weighted by Crippen LogP contribution is -2.46. The summed E-state index contributed by atoms with van der Waals surface area (Å²) >= 11 is 3.27. The second-order valence-electron chi connectivity index (χ2n) is 4.67. The number of nitrogens with one attached hydrogen (secondary N) is 1. The SMILES string of the molecule is CNC(=O)C1CCCN1C(=O)Cn1cc(Br)ccc1=O. The van der Waals surface area contributed by atoms with Crippen molar-refractivity contribution in [1.29, 1.82) is 0 Å². The van der Waals surface area contributed by atoms with Crippen molar-refractivity contribution in [2.45, 2.75) is 25.4 Å². The summed E-state index contributed by atoms with van der Waals surface area (Å²) in [7, 11) is 1.56. The summed E-state index contributed by atoms with van der Waals surface area (Å²) < 4.78 is 2.07. The van der Waals surface area contributed by atoms with Gasteiger partial charge in [-0.2, -0.15) is 0 Å². The first-order valence-corrected chi connectivity index (χ1v) is 7.19. The van der Waals surface area contributed by atoms with Crippen LogP contribution in [0.5, 0.6) is 0 Å². The molecule has 108 valence electrons. The summed E-state index contributed by atoms with van der Waals surface area (Å²) in [5.41, 5.74) is -0.239. The van der Waals surface area contributed by atoms with Crippen LogP contribution in [-0.4, -0.2) is 40.9 Å². The highest BCUT2D eigenvalue weighted by atomic mass is 79.9. The number of amides is 2. The van der Waals surface area contributed by atoms with E-state index in [-0.39, 0.29) is 23.9 Å². The Morgan fingerprint density at radius 1 is 1.45 bits per heavy atom. The van der Waals surface area contributed by atoms with Gasteiger partial charge in [-0.1, -0.05) is 0 Å². The first-order valence-electron chi connectivity index (χ1n) is 6.40. The zero-order valence-corrected chi connectivity index (χ0v) is 12.7. The Balaban J connectivity index is 2.13. The third-order valence-electron chi connectivity index (χ3n) is 3.38. The second kappa shape index (κ2) is 6.21. The molecular weight excluding hydrogens is 326 g/mol. The largest absolute Gasteiger partial charge is 0.357 e. The Labute approximate surface area is 124 Å². The third-order valence-corrected chi connectivity index (χ3v) is 3.84. The molecule has 2 amide bonds. The number of hydrogen-bond donors (Lipinski definition) is 1. The lowest BCUT2D eigenvalue weighted by atomic mass is 10.2. The number of likely N-dealkylation sites (tertiary alicyclic amines) is 1. The molecule has 0 radical (unpaired) electrons. The highest BCUT2D eigenvalue weighted by Gasteiger charge is 2.33. The highest BCUT2D eigenvalue weighted by Crippen LogP contribution is 2.18. The fraction of sp³-hybridized carbons (Fsp3) is 0.462. The van der Waals surface area contributed by atoms with E-state index in [1.807, 2.05) is 0 Å². The molecule has 2 heterocycles. The zero-order chi connectivity index (χ0) is 14.7. The van der Waals surface area contributed by atoms with Crippen molar-refractivity contribution in [2.24, 2.45) is 0 Å². The van der Waals surface area contributed by atoms with Crippen LogP contribution < -0.4 is 10.9 Å². The van der Waals surface area contributed by atoms with E-state index in [1.165, 1.54) is 10.6 Å². The smallest absolute Gasteiger partial charge is 0.251 e. The Kier molecular flexibility index (Phi) is 4.59. The number of hydrogen-bond acceptors (Lipinski definition) is 3. The number of halogens is 1. The molecule has 0 aliphatic carbocycles. The van der Waals surface area contributed by atoms with Crippen LogP contribution in [-0.2, 0) is 16.1 Å². The fourth-order valence-corrected chi connectivity index (χ4v) is 2.75. The average molecular weight is 342 g/mol. The van der Waals surface area contributed by atoms with E-state index in [2.05, 4.69) is 21.2 Å². The Hall–Kier alpha value is -1.63. The topological polar surface area (TPSA) is 71.4 Å². The number of aromatic nitrogens is 1. The molecule has 1 aromatic heterocycles. The monoisotopic (exact) mass is 341 g/mol. The van der Waals surface area contributed by atoms with Gasteiger partial charge in [-0.15, -0.1) is 0 Å². The molecule has 7 heteroatoms. The van der Waals surface area contributed by atoms with E-state index >= 15 is 0 Å². The van der Waals surface area contributed by atoms with Gasteiger partial charge in [0.15, 0.2) is 0 Å². The molecule has 0 aromatic carbocycles. The van der Waals surface area contributed by atoms with Crippen molar-refractivity contribution >= 4 is 27.7 Å². The number of pyridine rings is 1. The predicted molar refractivity (Wildman–Crippen MR) is 77.2 cm³/mol. The van der Waals surface area contributed by atoms with E-state index in [0.29, 0.717) is 13.0 Å². The summed E-state index contributed by atoms with van der Waals surface area (Å²) in [5.74, 6) is -0.367. The molecule has 1 atom stereocenters. The Morgan fingerprint density at radius 3 is 2.90 bits per heavy atom. The van der Waals surface area contributed by atoms with Gasteiger partial charge in [-0.25, -0.2) is 0 Å². The van der Waals surface area contributed by atoms with Crippen LogP contribution in [0.1, 0.15) is 12.8 Å².